The van der Waals surface area contributed by atoms with Gasteiger partial charge in [-0.05, 0) is 53.9 Å². The first kappa shape index (κ1) is 21.2. The van der Waals surface area contributed by atoms with E-state index in [9.17, 15) is 4.79 Å². The van der Waals surface area contributed by atoms with Gasteiger partial charge in [-0.15, -0.1) is 0 Å². The maximum Gasteiger partial charge on any atom is 0.262 e. The summed E-state index contributed by atoms with van der Waals surface area (Å²) in [4.78, 5) is 16.9. The molecule has 0 atom stereocenters. The highest BCUT2D eigenvalue weighted by atomic mass is 35.5. The van der Waals surface area contributed by atoms with Gasteiger partial charge in [0.15, 0.2) is 12.2 Å². The molecule has 4 aromatic rings. The fourth-order valence-corrected chi connectivity index (χ4v) is 3.48. The van der Waals surface area contributed by atoms with Crippen LogP contribution in [0.1, 0.15) is 25.3 Å². The molecule has 5 nitrogen and oxygen atoms in total. The number of carbonyl (C=O) groups is 1. The smallest absolute Gasteiger partial charge is 0.262 e. The third-order valence-corrected chi connectivity index (χ3v) is 5.40. The summed E-state index contributed by atoms with van der Waals surface area (Å²) in [5, 5.41) is 3.71. The average molecular weight is 455 g/mol. The molecule has 7 heteroatoms. The van der Waals surface area contributed by atoms with Gasteiger partial charge in [0.2, 0.25) is 5.89 Å². The summed E-state index contributed by atoms with van der Waals surface area (Å²) >= 11 is 12.4. The Morgan fingerprint density at radius 1 is 1.06 bits per heavy atom. The number of nitrogens with one attached hydrogen (secondary N) is 1. The van der Waals surface area contributed by atoms with Crippen molar-refractivity contribution in [3.8, 4) is 17.2 Å². The fraction of sp³-hybridized carbons (Fsp3) is 0.167. The molecule has 0 spiro atoms. The van der Waals surface area contributed by atoms with Gasteiger partial charge >= 0.3 is 0 Å². The van der Waals surface area contributed by atoms with Crippen LogP contribution in [0.4, 0.5) is 5.69 Å². The summed E-state index contributed by atoms with van der Waals surface area (Å²) in [5.74, 6) is 0.902. The molecule has 1 amide bonds. The highest BCUT2D eigenvalue weighted by molar-refractivity contribution is 6.33. The fourth-order valence-electron chi connectivity index (χ4n) is 3.09. The topological polar surface area (TPSA) is 64.4 Å². The largest absolute Gasteiger partial charge is 0.482 e. The first-order valence-corrected chi connectivity index (χ1v) is 10.5. The predicted octanol–water partition coefficient (Wildman–Crippen LogP) is 6.94. The molecule has 3 aromatic carbocycles. The van der Waals surface area contributed by atoms with Crippen molar-refractivity contribution in [2.24, 2.45) is 0 Å². The molecule has 0 radical (unpaired) electrons. The van der Waals surface area contributed by atoms with Crippen LogP contribution >= 0.6 is 23.2 Å². The van der Waals surface area contributed by atoms with Gasteiger partial charge in [0.05, 0.1) is 15.6 Å². The van der Waals surface area contributed by atoms with Gasteiger partial charge in [-0.2, -0.15) is 0 Å². The van der Waals surface area contributed by atoms with Crippen molar-refractivity contribution in [3.63, 3.8) is 0 Å². The van der Waals surface area contributed by atoms with Gasteiger partial charge < -0.3 is 14.5 Å². The predicted molar refractivity (Wildman–Crippen MR) is 124 cm³/mol. The molecular weight excluding hydrogens is 435 g/mol. The monoisotopic (exact) mass is 454 g/mol. The Hall–Kier alpha value is -3.02. The van der Waals surface area contributed by atoms with Crippen LogP contribution < -0.4 is 10.1 Å². The highest BCUT2D eigenvalue weighted by Gasteiger charge is 2.15. The van der Waals surface area contributed by atoms with Crippen LogP contribution in [-0.2, 0) is 4.79 Å². The van der Waals surface area contributed by atoms with Crippen molar-refractivity contribution in [1.82, 2.24) is 4.98 Å². The maximum absolute atomic E-state index is 12.3. The molecule has 0 aliphatic carbocycles. The van der Waals surface area contributed by atoms with Crippen LogP contribution in [0.15, 0.2) is 65.1 Å². The molecular formula is C24H20Cl2N2O3. The Morgan fingerprint density at radius 2 is 1.87 bits per heavy atom. The van der Waals surface area contributed by atoms with E-state index in [1.54, 1.807) is 42.5 Å². The number of rotatable bonds is 6. The number of para-hydroxylation sites is 1. The van der Waals surface area contributed by atoms with Gasteiger partial charge in [0.1, 0.15) is 11.3 Å². The SMILES string of the molecule is CC(C)c1ccc2oc(-c3cc(NC(=O)COc4ccccc4Cl)ccc3Cl)nc2c1. The van der Waals surface area contributed by atoms with E-state index in [0.29, 0.717) is 44.4 Å². The van der Waals surface area contributed by atoms with Gasteiger partial charge in [-0.25, -0.2) is 4.98 Å². The molecule has 0 bridgehead atoms. The van der Waals surface area contributed by atoms with E-state index in [1.807, 2.05) is 18.2 Å². The summed E-state index contributed by atoms with van der Waals surface area (Å²) in [6, 6.07) is 18.1. The molecule has 1 aromatic heterocycles. The molecule has 0 aliphatic heterocycles. The zero-order chi connectivity index (χ0) is 22.0. The molecule has 1 heterocycles. The van der Waals surface area contributed by atoms with Gasteiger partial charge in [-0.3, -0.25) is 4.79 Å². The molecule has 31 heavy (non-hydrogen) atoms. The summed E-state index contributed by atoms with van der Waals surface area (Å²) in [6.07, 6.45) is 0. The lowest BCUT2D eigenvalue weighted by atomic mass is 10.0. The van der Waals surface area contributed by atoms with E-state index >= 15 is 0 Å². The lowest BCUT2D eigenvalue weighted by Crippen LogP contribution is -2.20. The van der Waals surface area contributed by atoms with E-state index in [2.05, 4.69) is 24.1 Å². The highest BCUT2D eigenvalue weighted by Crippen LogP contribution is 2.33. The van der Waals surface area contributed by atoms with Crippen LogP contribution in [0, 0.1) is 0 Å². The maximum atomic E-state index is 12.3. The van der Waals surface area contributed by atoms with Crippen LogP contribution in [0.5, 0.6) is 5.75 Å². The first-order valence-electron chi connectivity index (χ1n) is 9.78. The number of carbonyl (C=O) groups excluding carboxylic acids is 1. The normalized spacial score (nSPS) is 11.1. The number of amides is 1. The van der Waals surface area contributed by atoms with E-state index in [0.717, 1.165) is 5.52 Å². The van der Waals surface area contributed by atoms with Gasteiger partial charge in [0.25, 0.3) is 5.91 Å². The zero-order valence-electron chi connectivity index (χ0n) is 17.0. The molecule has 0 fully saturated rings. The molecule has 158 valence electrons. The molecule has 0 aliphatic rings. The molecule has 1 N–H and O–H groups in total. The second kappa shape index (κ2) is 9.00. The van der Waals surface area contributed by atoms with Crippen molar-refractivity contribution >= 4 is 45.9 Å². The number of halogens is 2. The van der Waals surface area contributed by atoms with Gasteiger partial charge in [0, 0.05) is 5.69 Å². The number of nitrogens with zero attached hydrogens (tertiary/aromatic N) is 1. The third kappa shape index (κ3) is 4.84. The lowest BCUT2D eigenvalue weighted by molar-refractivity contribution is -0.118. The zero-order valence-corrected chi connectivity index (χ0v) is 18.5. The van der Waals surface area contributed by atoms with Crippen molar-refractivity contribution in [1.29, 1.82) is 0 Å². The number of oxazole rings is 1. The number of benzene rings is 3. The summed E-state index contributed by atoms with van der Waals surface area (Å²) in [6.45, 7) is 4.07. The van der Waals surface area contributed by atoms with Crippen LogP contribution in [0.25, 0.3) is 22.6 Å². The number of hydrogen-bond acceptors (Lipinski definition) is 4. The third-order valence-electron chi connectivity index (χ3n) is 4.75. The molecule has 0 saturated heterocycles. The minimum absolute atomic E-state index is 0.178. The van der Waals surface area contributed by atoms with E-state index in [4.69, 9.17) is 32.4 Å². The van der Waals surface area contributed by atoms with Crippen LogP contribution in [0.3, 0.4) is 0 Å². The van der Waals surface area contributed by atoms with Crippen molar-refractivity contribution in [3.05, 3.63) is 76.3 Å². The standard InChI is InChI=1S/C24H20Cl2N2O3/c1-14(2)15-7-10-22-20(11-15)28-24(31-22)17-12-16(8-9-18(17)25)27-23(29)13-30-21-6-4-3-5-19(21)26/h3-12,14H,13H2,1-2H3,(H,27,29). The number of hydrogen-bond donors (Lipinski definition) is 1. The quantitative estimate of drug-likeness (QED) is 0.342. The number of ether oxygens (including phenoxy) is 1. The number of anilines is 1. The number of aromatic nitrogens is 1. The van der Waals surface area contributed by atoms with E-state index in [1.165, 1.54) is 5.56 Å². The Balaban J connectivity index is 1.52. The Labute approximate surface area is 189 Å². The summed E-state index contributed by atoms with van der Waals surface area (Å²) < 4.78 is 11.4. The van der Waals surface area contributed by atoms with Crippen LogP contribution in [0.2, 0.25) is 10.0 Å². The summed E-state index contributed by atoms with van der Waals surface area (Å²) in [7, 11) is 0. The average Bonchev–Trinajstić information content (AvgIpc) is 3.17. The van der Waals surface area contributed by atoms with Gasteiger partial charge in [-0.1, -0.05) is 55.2 Å². The second-order valence-corrected chi connectivity index (χ2v) is 8.18. The minimum Gasteiger partial charge on any atom is -0.482 e. The van der Waals surface area contributed by atoms with E-state index < -0.39 is 0 Å². The second-order valence-electron chi connectivity index (χ2n) is 7.36. The first-order chi connectivity index (χ1) is 14.9. The van der Waals surface area contributed by atoms with Crippen molar-refractivity contribution < 1.29 is 13.9 Å². The van der Waals surface area contributed by atoms with Crippen LogP contribution in [-0.4, -0.2) is 17.5 Å². The molecule has 0 saturated carbocycles. The number of fused-ring (bicyclic) bond motifs is 1. The Kier molecular flexibility index (Phi) is 6.16. The Morgan fingerprint density at radius 3 is 2.65 bits per heavy atom. The van der Waals surface area contributed by atoms with E-state index in [-0.39, 0.29) is 12.5 Å². The molecule has 4 rings (SSSR count). The lowest BCUT2D eigenvalue weighted by Gasteiger charge is -2.09. The Bertz CT molecular complexity index is 1250. The summed E-state index contributed by atoms with van der Waals surface area (Å²) in [5.41, 5.74) is 3.77. The van der Waals surface area contributed by atoms with Crippen molar-refractivity contribution in [2.45, 2.75) is 19.8 Å². The minimum atomic E-state index is -0.327. The van der Waals surface area contributed by atoms with Crippen molar-refractivity contribution in [2.75, 3.05) is 11.9 Å². The molecule has 0 unspecified atom stereocenters.